The van der Waals surface area contributed by atoms with Gasteiger partial charge in [0.2, 0.25) is 5.91 Å². The number of likely N-dealkylation sites (tertiary alicyclic amines) is 1. The van der Waals surface area contributed by atoms with E-state index < -0.39 is 5.60 Å². The maximum Gasteiger partial charge on any atom is 0.410 e. The Labute approximate surface area is 161 Å². The molecule has 1 aliphatic rings. The number of amides is 2. The van der Waals surface area contributed by atoms with Crippen LogP contribution in [-0.4, -0.2) is 47.5 Å². The lowest BCUT2D eigenvalue weighted by atomic mass is 9.94. The quantitative estimate of drug-likeness (QED) is 0.775. The van der Waals surface area contributed by atoms with E-state index in [-0.39, 0.29) is 24.0 Å². The lowest BCUT2D eigenvalue weighted by molar-refractivity contribution is -0.137. The molecule has 1 heterocycles. The number of ether oxygens (including phenoxy) is 1. The number of hydrogen-bond donors (Lipinski definition) is 0. The van der Waals surface area contributed by atoms with Crippen molar-refractivity contribution in [1.82, 2.24) is 9.80 Å². The third kappa shape index (κ3) is 5.37. The van der Waals surface area contributed by atoms with E-state index in [4.69, 9.17) is 16.3 Å². The van der Waals surface area contributed by atoms with Crippen LogP contribution in [0.25, 0.3) is 0 Å². The van der Waals surface area contributed by atoms with Gasteiger partial charge in [-0.05, 0) is 58.2 Å². The Morgan fingerprint density at radius 1 is 1.27 bits per heavy atom. The Kier molecular flexibility index (Phi) is 6.56. The third-order valence-corrected chi connectivity index (χ3v) is 4.99. The monoisotopic (exact) mass is 380 g/mol. The summed E-state index contributed by atoms with van der Waals surface area (Å²) in [5.74, 6) is 0.0432. The van der Waals surface area contributed by atoms with E-state index in [2.05, 4.69) is 0 Å². The van der Waals surface area contributed by atoms with Crippen LogP contribution in [0.4, 0.5) is 4.79 Å². The van der Waals surface area contributed by atoms with Gasteiger partial charge in [0.1, 0.15) is 5.60 Å². The van der Waals surface area contributed by atoms with Crippen LogP contribution in [0.15, 0.2) is 24.3 Å². The highest BCUT2D eigenvalue weighted by atomic mass is 35.5. The molecule has 26 heavy (non-hydrogen) atoms. The molecule has 1 aromatic rings. The average molecular weight is 381 g/mol. The molecule has 0 radical (unpaired) electrons. The van der Waals surface area contributed by atoms with Crippen LogP contribution in [0.3, 0.4) is 0 Å². The molecule has 0 bridgehead atoms. The largest absolute Gasteiger partial charge is 0.444 e. The van der Waals surface area contributed by atoms with Crippen molar-refractivity contribution < 1.29 is 14.3 Å². The molecule has 0 N–H and O–H groups in total. The Balaban J connectivity index is 1.92. The lowest BCUT2D eigenvalue weighted by Gasteiger charge is -2.35. The fraction of sp³-hybridized carbons (Fsp3) is 0.600. The molecular weight excluding hydrogens is 352 g/mol. The molecule has 2 rings (SSSR count). The minimum absolute atomic E-state index is 0.0508. The van der Waals surface area contributed by atoms with Crippen LogP contribution in [0.1, 0.15) is 52.1 Å². The summed E-state index contributed by atoms with van der Waals surface area (Å²) in [6.07, 6.45) is 1.01. The van der Waals surface area contributed by atoms with Crippen LogP contribution in [0.2, 0.25) is 5.02 Å². The van der Waals surface area contributed by atoms with E-state index in [0.717, 1.165) is 5.56 Å². The highest BCUT2D eigenvalue weighted by Crippen LogP contribution is 2.27. The number of carbonyl (C=O) groups is 2. The number of piperidine rings is 1. The van der Waals surface area contributed by atoms with Crippen LogP contribution < -0.4 is 0 Å². The van der Waals surface area contributed by atoms with Crippen molar-refractivity contribution in [3.05, 3.63) is 34.9 Å². The predicted octanol–water partition coefficient (Wildman–Crippen LogP) is 4.51. The third-order valence-electron chi connectivity index (χ3n) is 4.76. The molecule has 0 saturated carbocycles. The number of rotatable bonds is 3. The molecule has 6 heteroatoms. The number of benzene rings is 1. The topological polar surface area (TPSA) is 49.9 Å². The van der Waals surface area contributed by atoms with E-state index in [9.17, 15) is 9.59 Å². The van der Waals surface area contributed by atoms with Crippen LogP contribution in [0.5, 0.6) is 0 Å². The molecule has 0 aromatic heterocycles. The minimum atomic E-state index is -0.504. The van der Waals surface area contributed by atoms with Crippen molar-refractivity contribution in [3.8, 4) is 0 Å². The lowest BCUT2D eigenvalue weighted by Crippen LogP contribution is -2.45. The first-order valence-corrected chi connectivity index (χ1v) is 9.46. The zero-order chi connectivity index (χ0) is 19.5. The molecule has 1 saturated heterocycles. The predicted molar refractivity (Wildman–Crippen MR) is 103 cm³/mol. The summed E-state index contributed by atoms with van der Waals surface area (Å²) in [6.45, 7) is 8.66. The standard InChI is InChI=1S/C20H29ClN2O3/c1-14(16-7-6-8-17(21)13-16)22(5)18(24)15-9-11-23(12-10-15)19(25)26-20(2,3)4/h6-8,13-15H,9-12H2,1-5H3. The highest BCUT2D eigenvalue weighted by Gasteiger charge is 2.32. The number of carbonyl (C=O) groups excluding carboxylic acids is 2. The van der Waals surface area contributed by atoms with Gasteiger partial charge in [-0.2, -0.15) is 0 Å². The van der Waals surface area contributed by atoms with Crippen molar-refractivity contribution in [2.45, 2.75) is 52.2 Å². The summed E-state index contributed by atoms with van der Waals surface area (Å²) >= 11 is 6.06. The van der Waals surface area contributed by atoms with Gasteiger partial charge in [-0.3, -0.25) is 4.79 Å². The van der Waals surface area contributed by atoms with E-state index in [0.29, 0.717) is 31.0 Å². The molecule has 1 aliphatic heterocycles. The second-order valence-electron chi connectivity index (χ2n) is 7.92. The zero-order valence-corrected chi connectivity index (χ0v) is 17.0. The van der Waals surface area contributed by atoms with Gasteiger partial charge in [0, 0.05) is 31.1 Å². The van der Waals surface area contributed by atoms with Gasteiger partial charge in [-0.15, -0.1) is 0 Å². The van der Waals surface area contributed by atoms with Gasteiger partial charge < -0.3 is 14.5 Å². The first kappa shape index (κ1) is 20.6. The normalized spacial score (nSPS) is 16.9. The Morgan fingerprint density at radius 2 is 1.88 bits per heavy atom. The van der Waals surface area contributed by atoms with Gasteiger partial charge in [0.15, 0.2) is 0 Å². The molecular formula is C20H29ClN2O3. The van der Waals surface area contributed by atoms with Gasteiger partial charge in [0.05, 0.1) is 6.04 Å². The summed E-state index contributed by atoms with van der Waals surface area (Å²) in [7, 11) is 1.83. The van der Waals surface area contributed by atoms with E-state index >= 15 is 0 Å². The molecule has 1 atom stereocenters. The molecule has 144 valence electrons. The van der Waals surface area contributed by atoms with Crippen molar-refractivity contribution in [3.63, 3.8) is 0 Å². The van der Waals surface area contributed by atoms with Gasteiger partial charge in [-0.25, -0.2) is 4.79 Å². The van der Waals surface area contributed by atoms with E-state index in [1.54, 1.807) is 9.80 Å². The van der Waals surface area contributed by atoms with Gasteiger partial charge in [0.25, 0.3) is 0 Å². The molecule has 1 unspecified atom stereocenters. The molecule has 0 spiro atoms. The first-order chi connectivity index (χ1) is 12.1. The molecule has 5 nitrogen and oxygen atoms in total. The summed E-state index contributed by atoms with van der Waals surface area (Å²) in [5, 5.41) is 0.667. The number of nitrogens with zero attached hydrogens (tertiary/aromatic N) is 2. The number of halogens is 1. The van der Waals surface area contributed by atoms with E-state index in [1.165, 1.54) is 0 Å². The van der Waals surface area contributed by atoms with Crippen LogP contribution in [-0.2, 0) is 9.53 Å². The zero-order valence-electron chi connectivity index (χ0n) is 16.3. The highest BCUT2D eigenvalue weighted by molar-refractivity contribution is 6.30. The summed E-state index contributed by atoms with van der Waals surface area (Å²) in [4.78, 5) is 28.5. The van der Waals surface area contributed by atoms with Gasteiger partial charge >= 0.3 is 6.09 Å². The second-order valence-corrected chi connectivity index (χ2v) is 8.36. The maximum absolute atomic E-state index is 12.9. The Hall–Kier alpha value is -1.75. The summed E-state index contributed by atoms with van der Waals surface area (Å²) in [6, 6.07) is 7.54. The van der Waals surface area contributed by atoms with Gasteiger partial charge in [-0.1, -0.05) is 23.7 Å². The maximum atomic E-state index is 12.9. The fourth-order valence-electron chi connectivity index (χ4n) is 3.10. The summed E-state index contributed by atoms with van der Waals surface area (Å²) in [5.41, 5.74) is 0.510. The number of hydrogen-bond acceptors (Lipinski definition) is 3. The molecule has 1 fully saturated rings. The summed E-state index contributed by atoms with van der Waals surface area (Å²) < 4.78 is 5.41. The fourth-order valence-corrected chi connectivity index (χ4v) is 3.30. The van der Waals surface area contributed by atoms with Crippen molar-refractivity contribution in [1.29, 1.82) is 0 Å². The van der Waals surface area contributed by atoms with Crippen molar-refractivity contribution in [2.75, 3.05) is 20.1 Å². The van der Waals surface area contributed by atoms with Crippen LogP contribution >= 0.6 is 11.6 Å². The van der Waals surface area contributed by atoms with Crippen molar-refractivity contribution in [2.24, 2.45) is 5.92 Å². The SMILES string of the molecule is CC(c1cccc(Cl)c1)N(C)C(=O)C1CCN(C(=O)OC(C)(C)C)CC1. The Bertz CT molecular complexity index is 649. The van der Waals surface area contributed by atoms with Crippen LogP contribution in [0, 0.1) is 5.92 Å². The molecule has 2 amide bonds. The van der Waals surface area contributed by atoms with Crippen molar-refractivity contribution >= 4 is 23.6 Å². The smallest absolute Gasteiger partial charge is 0.410 e. The first-order valence-electron chi connectivity index (χ1n) is 9.08. The molecule has 1 aromatic carbocycles. The average Bonchev–Trinajstić information content (AvgIpc) is 2.58. The second kappa shape index (κ2) is 8.30. The minimum Gasteiger partial charge on any atom is -0.444 e. The van der Waals surface area contributed by atoms with E-state index in [1.807, 2.05) is 59.0 Å². The molecule has 0 aliphatic carbocycles. The Morgan fingerprint density at radius 3 is 2.42 bits per heavy atom.